The Bertz CT molecular complexity index is 517. The molecule has 0 bridgehead atoms. The monoisotopic (exact) mass is 251 g/mol. The van der Waals surface area contributed by atoms with Crippen molar-refractivity contribution in [1.82, 2.24) is 20.5 Å². The van der Waals surface area contributed by atoms with Crippen molar-refractivity contribution in [3.63, 3.8) is 0 Å². The van der Waals surface area contributed by atoms with Gasteiger partial charge in [-0.25, -0.2) is 4.98 Å². The number of aromatic nitrogens is 3. The molecule has 6 nitrogen and oxygen atoms in total. The smallest absolute Gasteiger partial charge is 0.270 e. The second-order valence-corrected chi connectivity index (χ2v) is 5.02. The maximum Gasteiger partial charge on any atom is 0.270 e. The highest BCUT2D eigenvalue weighted by molar-refractivity contribution is 7.09. The van der Waals surface area contributed by atoms with Gasteiger partial charge in [-0.3, -0.25) is 9.89 Å². The fourth-order valence-electron chi connectivity index (χ4n) is 1.39. The number of rotatable bonds is 3. The molecule has 0 aliphatic carbocycles. The maximum atomic E-state index is 11.9. The van der Waals surface area contributed by atoms with E-state index in [4.69, 9.17) is 5.73 Å². The van der Waals surface area contributed by atoms with Crippen LogP contribution in [0.3, 0.4) is 0 Å². The van der Waals surface area contributed by atoms with Crippen molar-refractivity contribution >= 4 is 23.1 Å². The maximum absolute atomic E-state index is 11.9. The van der Waals surface area contributed by atoms with E-state index < -0.39 is 5.54 Å². The molecule has 17 heavy (non-hydrogen) atoms. The van der Waals surface area contributed by atoms with Crippen molar-refractivity contribution in [1.29, 1.82) is 0 Å². The topological polar surface area (TPSA) is 96.7 Å². The Morgan fingerprint density at radius 2 is 2.35 bits per heavy atom. The molecule has 0 spiro atoms. The first-order valence-electron chi connectivity index (χ1n) is 5.02. The molecule has 0 saturated heterocycles. The molecule has 1 amide bonds. The molecule has 0 aromatic carbocycles. The predicted octanol–water partition coefficient (Wildman–Crippen LogP) is 1.11. The number of nitrogens with zero attached hydrogens (tertiary/aromatic N) is 2. The van der Waals surface area contributed by atoms with Crippen molar-refractivity contribution in [3.8, 4) is 0 Å². The number of anilines is 1. The summed E-state index contributed by atoms with van der Waals surface area (Å²) in [4.78, 5) is 16.1. The third kappa shape index (κ3) is 2.44. The Balaban J connectivity index is 2.13. The van der Waals surface area contributed by atoms with Gasteiger partial charge in [0.15, 0.2) is 0 Å². The quantitative estimate of drug-likeness (QED) is 0.761. The average molecular weight is 251 g/mol. The lowest BCUT2D eigenvalue weighted by Gasteiger charge is -2.23. The van der Waals surface area contributed by atoms with Gasteiger partial charge >= 0.3 is 0 Å². The second-order valence-electron chi connectivity index (χ2n) is 4.12. The van der Waals surface area contributed by atoms with E-state index in [1.807, 2.05) is 19.2 Å². The third-order valence-corrected chi connectivity index (χ3v) is 3.33. The summed E-state index contributed by atoms with van der Waals surface area (Å²) in [6.07, 6.45) is 1.71. The number of H-pyrrole nitrogens is 1. The summed E-state index contributed by atoms with van der Waals surface area (Å²) < 4.78 is 0. The zero-order valence-corrected chi connectivity index (χ0v) is 10.3. The van der Waals surface area contributed by atoms with Crippen molar-refractivity contribution in [3.05, 3.63) is 28.3 Å². The van der Waals surface area contributed by atoms with Gasteiger partial charge in [0.25, 0.3) is 5.91 Å². The van der Waals surface area contributed by atoms with Gasteiger partial charge in [-0.15, -0.1) is 11.3 Å². The van der Waals surface area contributed by atoms with Gasteiger partial charge in [-0.1, -0.05) is 0 Å². The Morgan fingerprint density at radius 1 is 1.59 bits per heavy atom. The summed E-state index contributed by atoms with van der Waals surface area (Å²) in [5.74, 6) is 0.0385. The molecule has 0 atom stereocenters. The van der Waals surface area contributed by atoms with Gasteiger partial charge in [0.1, 0.15) is 16.5 Å². The number of amides is 1. The minimum atomic E-state index is -0.523. The standard InChI is InChI=1S/C10H13N5OS/c1-10(2,9-12-3-4-17-9)13-8(16)6-5-7(11)15-14-6/h3-5H,1-2H3,(H,13,16)(H3,11,14,15). The number of thiazole rings is 1. The number of nitrogens with two attached hydrogens (primary N) is 1. The number of carbonyl (C=O) groups is 1. The minimum Gasteiger partial charge on any atom is -0.382 e. The molecular weight excluding hydrogens is 238 g/mol. The van der Waals surface area contributed by atoms with Gasteiger partial charge < -0.3 is 11.1 Å². The summed E-state index contributed by atoms with van der Waals surface area (Å²) in [7, 11) is 0. The molecule has 7 heteroatoms. The van der Waals surface area contributed by atoms with Crippen molar-refractivity contribution < 1.29 is 4.79 Å². The van der Waals surface area contributed by atoms with Crippen molar-refractivity contribution in [2.24, 2.45) is 0 Å². The van der Waals surface area contributed by atoms with E-state index in [0.29, 0.717) is 11.5 Å². The van der Waals surface area contributed by atoms with Crippen LogP contribution in [0.5, 0.6) is 0 Å². The van der Waals surface area contributed by atoms with E-state index in [1.165, 1.54) is 17.4 Å². The van der Waals surface area contributed by atoms with E-state index in [1.54, 1.807) is 6.20 Å². The van der Waals surface area contributed by atoms with Crippen LogP contribution in [0.1, 0.15) is 29.3 Å². The summed E-state index contributed by atoms with van der Waals surface area (Å²) >= 11 is 1.50. The number of nitrogens with one attached hydrogen (secondary N) is 2. The Labute approximate surface area is 102 Å². The van der Waals surface area contributed by atoms with E-state index in [0.717, 1.165) is 5.01 Å². The van der Waals surface area contributed by atoms with Gasteiger partial charge in [0, 0.05) is 17.6 Å². The number of nitrogen functional groups attached to an aromatic ring is 1. The first kappa shape index (κ1) is 11.6. The summed E-state index contributed by atoms with van der Waals surface area (Å²) in [5.41, 5.74) is 5.26. The SMILES string of the molecule is CC(C)(NC(=O)c1cc(N)n[nH]1)c1nccs1. The van der Waals surface area contributed by atoms with Crippen LogP contribution in [0, 0.1) is 0 Å². The zero-order chi connectivity index (χ0) is 12.5. The number of aromatic amines is 1. The number of carbonyl (C=O) groups excluding carboxylic acids is 1. The zero-order valence-electron chi connectivity index (χ0n) is 9.52. The van der Waals surface area contributed by atoms with E-state index in [9.17, 15) is 4.79 Å². The molecule has 4 N–H and O–H groups in total. The highest BCUT2D eigenvalue weighted by Gasteiger charge is 2.26. The van der Waals surface area contributed by atoms with Crippen LogP contribution in [0.4, 0.5) is 5.82 Å². The van der Waals surface area contributed by atoms with Crippen LogP contribution >= 0.6 is 11.3 Å². The molecule has 90 valence electrons. The van der Waals surface area contributed by atoms with Crippen LogP contribution in [0.2, 0.25) is 0 Å². The molecule has 0 unspecified atom stereocenters. The number of hydrogen-bond donors (Lipinski definition) is 3. The Kier molecular flexibility index (Phi) is 2.84. The van der Waals surface area contributed by atoms with Crippen LogP contribution in [0.25, 0.3) is 0 Å². The van der Waals surface area contributed by atoms with Gasteiger partial charge in [0.05, 0.1) is 5.54 Å². The molecular formula is C10H13N5OS. The lowest BCUT2D eigenvalue weighted by molar-refractivity contribution is 0.0906. The molecule has 0 aliphatic rings. The third-order valence-electron chi connectivity index (χ3n) is 2.24. The first-order chi connectivity index (χ1) is 7.99. The Morgan fingerprint density at radius 3 is 2.88 bits per heavy atom. The van der Waals surface area contributed by atoms with Gasteiger partial charge in [0.2, 0.25) is 0 Å². The molecule has 0 fully saturated rings. The van der Waals surface area contributed by atoms with Crippen LogP contribution < -0.4 is 11.1 Å². The lowest BCUT2D eigenvalue weighted by Crippen LogP contribution is -2.41. The van der Waals surface area contributed by atoms with Crippen LogP contribution in [0.15, 0.2) is 17.6 Å². The second kappa shape index (κ2) is 4.17. The molecule has 0 radical (unpaired) electrons. The molecule has 0 saturated carbocycles. The fraction of sp³-hybridized carbons (Fsp3) is 0.300. The highest BCUT2D eigenvalue weighted by Crippen LogP contribution is 2.22. The lowest BCUT2D eigenvalue weighted by atomic mass is 10.1. The summed E-state index contributed by atoms with van der Waals surface area (Å²) in [5, 5.41) is 11.9. The summed E-state index contributed by atoms with van der Waals surface area (Å²) in [6.45, 7) is 3.78. The van der Waals surface area contributed by atoms with Crippen LogP contribution in [-0.2, 0) is 5.54 Å². The van der Waals surface area contributed by atoms with E-state index >= 15 is 0 Å². The van der Waals surface area contributed by atoms with Gasteiger partial charge in [-0.2, -0.15) is 5.10 Å². The molecule has 0 aliphatic heterocycles. The summed E-state index contributed by atoms with van der Waals surface area (Å²) in [6, 6.07) is 1.49. The highest BCUT2D eigenvalue weighted by atomic mass is 32.1. The normalized spacial score (nSPS) is 11.4. The van der Waals surface area contributed by atoms with Crippen LogP contribution in [-0.4, -0.2) is 21.1 Å². The fourth-order valence-corrected chi connectivity index (χ4v) is 2.11. The molecule has 2 aromatic rings. The molecule has 2 aromatic heterocycles. The van der Waals surface area contributed by atoms with E-state index in [2.05, 4.69) is 20.5 Å². The van der Waals surface area contributed by atoms with Crippen molar-refractivity contribution in [2.75, 3.05) is 5.73 Å². The predicted molar refractivity (Wildman–Crippen MR) is 65.6 cm³/mol. The first-order valence-corrected chi connectivity index (χ1v) is 5.90. The molecule has 2 heterocycles. The minimum absolute atomic E-state index is 0.255. The number of hydrogen-bond acceptors (Lipinski definition) is 5. The molecule has 2 rings (SSSR count). The van der Waals surface area contributed by atoms with Crippen molar-refractivity contribution in [2.45, 2.75) is 19.4 Å². The average Bonchev–Trinajstić information content (AvgIpc) is 2.86. The Hall–Kier alpha value is -1.89. The van der Waals surface area contributed by atoms with E-state index in [-0.39, 0.29) is 5.91 Å². The van der Waals surface area contributed by atoms with Gasteiger partial charge in [-0.05, 0) is 13.8 Å². The largest absolute Gasteiger partial charge is 0.382 e.